The van der Waals surface area contributed by atoms with Crippen molar-refractivity contribution in [2.45, 2.75) is 20.1 Å². The standard InChI is InChI=1S/C20H22O5/c1-13(21)15-5-7-16(8-6-15)18-11-17(14(2)22)9-10-19(18)25-12-20(23-3)24-4/h5-11,20H,12H2,1-4H3. The Balaban J connectivity index is 2.39. The molecule has 0 aliphatic heterocycles. The molecule has 0 atom stereocenters. The highest BCUT2D eigenvalue weighted by Gasteiger charge is 2.13. The highest BCUT2D eigenvalue weighted by atomic mass is 16.7. The smallest absolute Gasteiger partial charge is 0.191 e. The SMILES string of the molecule is COC(COc1ccc(C(C)=O)cc1-c1ccc(C(C)=O)cc1)OC. The zero-order valence-electron chi connectivity index (χ0n) is 14.9. The van der Waals surface area contributed by atoms with Gasteiger partial charge in [0.05, 0.1) is 0 Å². The Kier molecular flexibility index (Phi) is 6.44. The molecular weight excluding hydrogens is 320 g/mol. The number of carbonyl (C=O) groups excluding carboxylic acids is 2. The van der Waals surface area contributed by atoms with E-state index < -0.39 is 6.29 Å². The molecule has 0 radical (unpaired) electrons. The van der Waals surface area contributed by atoms with Crippen LogP contribution in [0, 0.1) is 0 Å². The first-order valence-corrected chi connectivity index (χ1v) is 7.91. The van der Waals surface area contributed by atoms with E-state index in [0.29, 0.717) is 16.9 Å². The highest BCUT2D eigenvalue weighted by molar-refractivity contribution is 5.97. The fraction of sp³-hybridized carbons (Fsp3) is 0.300. The molecule has 5 heteroatoms. The lowest BCUT2D eigenvalue weighted by atomic mass is 9.99. The van der Waals surface area contributed by atoms with Gasteiger partial charge in [-0.3, -0.25) is 9.59 Å². The molecule has 0 aliphatic carbocycles. The molecule has 0 aromatic heterocycles. The van der Waals surface area contributed by atoms with Crippen LogP contribution in [0.2, 0.25) is 0 Å². The zero-order chi connectivity index (χ0) is 18.4. The number of Topliss-reactive ketones (excluding diaryl/α,β-unsaturated/α-hetero) is 2. The van der Waals surface area contributed by atoms with E-state index in [1.807, 2.05) is 12.1 Å². The number of hydrogen-bond acceptors (Lipinski definition) is 5. The van der Waals surface area contributed by atoms with Crippen molar-refractivity contribution in [3.63, 3.8) is 0 Å². The predicted molar refractivity (Wildman–Crippen MR) is 95.2 cm³/mol. The first-order valence-electron chi connectivity index (χ1n) is 7.91. The maximum Gasteiger partial charge on any atom is 0.191 e. The van der Waals surface area contributed by atoms with E-state index in [1.54, 1.807) is 30.3 Å². The van der Waals surface area contributed by atoms with Crippen LogP contribution < -0.4 is 4.74 Å². The highest BCUT2D eigenvalue weighted by Crippen LogP contribution is 2.32. The summed E-state index contributed by atoms with van der Waals surface area (Å²) in [7, 11) is 3.08. The van der Waals surface area contributed by atoms with Gasteiger partial charge in [-0.05, 0) is 37.6 Å². The van der Waals surface area contributed by atoms with Gasteiger partial charge in [0.15, 0.2) is 17.9 Å². The minimum Gasteiger partial charge on any atom is -0.488 e. The Morgan fingerprint density at radius 1 is 0.880 bits per heavy atom. The summed E-state index contributed by atoms with van der Waals surface area (Å²) in [5.41, 5.74) is 2.85. The molecule has 25 heavy (non-hydrogen) atoms. The Hall–Kier alpha value is -2.50. The number of rotatable bonds is 8. The van der Waals surface area contributed by atoms with Crippen LogP contribution in [0.4, 0.5) is 0 Å². The van der Waals surface area contributed by atoms with Gasteiger partial charge in [-0.15, -0.1) is 0 Å². The van der Waals surface area contributed by atoms with E-state index in [4.69, 9.17) is 14.2 Å². The van der Waals surface area contributed by atoms with Crippen LogP contribution in [0.5, 0.6) is 5.75 Å². The Morgan fingerprint density at radius 2 is 1.44 bits per heavy atom. The van der Waals surface area contributed by atoms with Crippen molar-refractivity contribution in [2.75, 3.05) is 20.8 Å². The van der Waals surface area contributed by atoms with Gasteiger partial charge in [0.25, 0.3) is 0 Å². The van der Waals surface area contributed by atoms with Crippen molar-refractivity contribution in [3.05, 3.63) is 53.6 Å². The van der Waals surface area contributed by atoms with Gasteiger partial charge in [0.2, 0.25) is 0 Å². The third-order valence-electron chi connectivity index (χ3n) is 3.89. The van der Waals surface area contributed by atoms with Crippen molar-refractivity contribution in [1.29, 1.82) is 0 Å². The molecule has 0 fully saturated rings. The fourth-order valence-electron chi connectivity index (χ4n) is 2.38. The second-order valence-electron chi connectivity index (χ2n) is 5.61. The van der Waals surface area contributed by atoms with Gasteiger partial charge >= 0.3 is 0 Å². The molecule has 2 rings (SSSR count). The predicted octanol–water partition coefficient (Wildman–Crippen LogP) is 3.76. The van der Waals surface area contributed by atoms with Crippen LogP contribution in [0.15, 0.2) is 42.5 Å². The average Bonchev–Trinajstić information content (AvgIpc) is 2.62. The Bertz CT molecular complexity index is 745. The van der Waals surface area contributed by atoms with Gasteiger partial charge in [0, 0.05) is 30.9 Å². The molecule has 0 unspecified atom stereocenters. The number of carbonyl (C=O) groups is 2. The molecular formula is C20H22O5. The largest absolute Gasteiger partial charge is 0.488 e. The van der Waals surface area contributed by atoms with Crippen LogP contribution in [-0.4, -0.2) is 38.7 Å². The molecule has 0 aliphatic rings. The average molecular weight is 342 g/mol. The molecule has 0 bridgehead atoms. The molecule has 0 saturated carbocycles. The summed E-state index contributed by atoms with van der Waals surface area (Å²) in [6, 6.07) is 12.5. The quantitative estimate of drug-likeness (QED) is 0.540. The number of benzene rings is 2. The van der Waals surface area contributed by atoms with Crippen LogP contribution >= 0.6 is 0 Å². The van der Waals surface area contributed by atoms with Crippen LogP contribution in [0.25, 0.3) is 11.1 Å². The molecule has 5 nitrogen and oxygen atoms in total. The summed E-state index contributed by atoms with van der Waals surface area (Å²) in [5.74, 6) is 0.586. The monoisotopic (exact) mass is 342 g/mol. The molecule has 2 aromatic rings. The van der Waals surface area contributed by atoms with Crippen molar-refractivity contribution >= 4 is 11.6 Å². The summed E-state index contributed by atoms with van der Waals surface area (Å²) >= 11 is 0. The molecule has 0 spiro atoms. The minimum absolute atomic E-state index is 0.00328. The first kappa shape index (κ1) is 18.8. The molecule has 132 valence electrons. The van der Waals surface area contributed by atoms with Crippen molar-refractivity contribution < 1.29 is 23.8 Å². The van der Waals surface area contributed by atoms with E-state index in [2.05, 4.69) is 0 Å². The van der Waals surface area contributed by atoms with Crippen molar-refractivity contribution in [3.8, 4) is 16.9 Å². The minimum atomic E-state index is -0.486. The number of ketones is 2. The van der Waals surface area contributed by atoms with Gasteiger partial charge < -0.3 is 14.2 Å². The third kappa shape index (κ3) is 4.75. The van der Waals surface area contributed by atoms with E-state index in [1.165, 1.54) is 28.1 Å². The maximum absolute atomic E-state index is 11.7. The first-order chi connectivity index (χ1) is 12.0. The van der Waals surface area contributed by atoms with E-state index in [-0.39, 0.29) is 18.2 Å². The number of methoxy groups -OCH3 is 2. The zero-order valence-corrected chi connectivity index (χ0v) is 14.9. The fourth-order valence-corrected chi connectivity index (χ4v) is 2.38. The normalized spacial score (nSPS) is 10.8. The molecule has 0 N–H and O–H groups in total. The van der Waals surface area contributed by atoms with Gasteiger partial charge in [-0.25, -0.2) is 0 Å². The van der Waals surface area contributed by atoms with Gasteiger partial charge in [0.1, 0.15) is 12.4 Å². The summed E-state index contributed by atoms with van der Waals surface area (Å²) < 4.78 is 16.1. The van der Waals surface area contributed by atoms with Crippen molar-refractivity contribution in [1.82, 2.24) is 0 Å². The lowest BCUT2D eigenvalue weighted by Crippen LogP contribution is -2.22. The lowest BCUT2D eigenvalue weighted by Gasteiger charge is -2.17. The second-order valence-corrected chi connectivity index (χ2v) is 5.61. The van der Waals surface area contributed by atoms with Crippen LogP contribution in [0.1, 0.15) is 34.6 Å². The van der Waals surface area contributed by atoms with Crippen LogP contribution in [0.3, 0.4) is 0 Å². The van der Waals surface area contributed by atoms with E-state index in [9.17, 15) is 9.59 Å². The van der Waals surface area contributed by atoms with Gasteiger partial charge in [-0.2, -0.15) is 0 Å². The Labute approximate surface area is 147 Å². The molecule has 2 aromatic carbocycles. The van der Waals surface area contributed by atoms with Crippen LogP contribution in [-0.2, 0) is 9.47 Å². The summed E-state index contributed by atoms with van der Waals surface area (Å²) in [6.07, 6.45) is -0.486. The molecule has 0 saturated heterocycles. The number of ether oxygens (including phenoxy) is 3. The second kappa shape index (κ2) is 8.55. The number of hydrogen-bond donors (Lipinski definition) is 0. The summed E-state index contributed by atoms with van der Waals surface area (Å²) in [6.45, 7) is 3.25. The van der Waals surface area contributed by atoms with Crippen molar-refractivity contribution in [2.24, 2.45) is 0 Å². The summed E-state index contributed by atoms with van der Waals surface area (Å²) in [5, 5.41) is 0. The van der Waals surface area contributed by atoms with Gasteiger partial charge in [-0.1, -0.05) is 24.3 Å². The third-order valence-corrected chi connectivity index (χ3v) is 3.89. The van der Waals surface area contributed by atoms with E-state index in [0.717, 1.165) is 11.1 Å². The molecule has 0 heterocycles. The van der Waals surface area contributed by atoms with E-state index >= 15 is 0 Å². The summed E-state index contributed by atoms with van der Waals surface area (Å²) in [4.78, 5) is 23.2. The lowest BCUT2D eigenvalue weighted by molar-refractivity contribution is -0.121. The molecule has 0 amide bonds. The Morgan fingerprint density at radius 3 is 1.96 bits per heavy atom. The maximum atomic E-state index is 11.7. The topological polar surface area (TPSA) is 61.8 Å².